The first-order valence-electron chi connectivity index (χ1n) is 2.02. The first-order chi connectivity index (χ1) is 3.50. The van der Waals surface area contributed by atoms with Crippen LogP contribution in [0.1, 0.15) is 0 Å². The van der Waals surface area contributed by atoms with Crippen LogP contribution < -0.4 is 0 Å². The maximum atomic E-state index is 12.1. The molecule has 0 aliphatic heterocycles. The number of halogens is 1. The van der Waals surface area contributed by atoms with E-state index in [1.54, 1.807) is 0 Å². The van der Waals surface area contributed by atoms with Gasteiger partial charge in [-0.15, -0.1) is 0 Å². The predicted molar refractivity (Wildman–Crippen MR) is 29.9 cm³/mol. The Bertz CT molecular complexity index is 96.0. The molecule has 0 N–H and O–H groups in total. The predicted octanol–water partition coefficient (Wildman–Crippen LogP) is 0.727. The zero-order valence-corrected chi connectivity index (χ0v) is 4.62. The molecule has 0 amide bonds. The van der Waals surface area contributed by atoms with Gasteiger partial charge in [-0.3, -0.25) is 0 Å². The third-order valence-corrected chi connectivity index (χ3v) is 0.726. The van der Waals surface area contributed by atoms with Crippen LogP contribution in [0.4, 0.5) is 4.20 Å². The van der Waals surface area contributed by atoms with Gasteiger partial charge in [-0.2, -0.15) is 0 Å². The molecule has 0 aromatic heterocycles. The first-order valence-corrected chi connectivity index (χ1v) is 4.09. The quantitative estimate of drug-likeness (QED) is 0.391. The van der Waals surface area contributed by atoms with E-state index in [1.807, 2.05) is 0 Å². The van der Waals surface area contributed by atoms with Crippen LogP contribution in [0.5, 0.6) is 0 Å². The second-order valence-corrected chi connectivity index (χ2v) is 4.11. The summed E-state index contributed by atoms with van der Waals surface area (Å²) in [6.45, 7) is -0.112. The fraction of sp³-hybridized carbons (Fsp3) is 0. The number of hydrogen-bond acceptors (Lipinski definition) is 1. The summed E-state index contributed by atoms with van der Waals surface area (Å²) in [5.41, 5.74) is 0. The van der Waals surface area contributed by atoms with Crippen LogP contribution in [0.25, 0.3) is 0 Å². The van der Waals surface area contributed by atoms with Gasteiger partial charge in [0, 0.05) is 0 Å². The molecular formula is H2B2FOP2+. The van der Waals surface area contributed by atoms with Crippen LogP contribution in [0.3, 0.4) is 0 Å². The molecule has 0 rings (SSSR count). The molecule has 0 aromatic carbocycles. The molecule has 2 radical (unpaired) electrons. The van der Waals surface area contributed by atoms with Gasteiger partial charge < -0.3 is 0 Å². The Morgan fingerprint density at radius 2 is 3.17 bits per heavy atom. The zero-order valence-electron chi connectivity index (χ0n) is 4.84. The van der Waals surface area contributed by atoms with Crippen molar-refractivity contribution in [1.82, 2.24) is 0 Å². The Balaban J connectivity index is 3.90. The van der Waals surface area contributed by atoms with E-state index in [1.165, 1.54) is 0 Å². The van der Waals surface area contributed by atoms with Crippen LogP contribution in [0, 0.1) is 0 Å². The average Bonchev–Trinajstić information content (AvgIpc) is 1.67. The zero-order chi connectivity index (χ0) is 6.78. The first kappa shape index (κ1) is 3.69. The van der Waals surface area contributed by atoms with E-state index in [-0.39, 0.29) is 6.87 Å². The van der Waals surface area contributed by atoms with Crippen LogP contribution >= 0.6 is 15.8 Å². The Kier molecular flexibility index (Phi) is 1.31. The van der Waals surface area contributed by atoms with E-state index < -0.39 is 15.8 Å². The Morgan fingerprint density at radius 1 is 2.67 bits per heavy atom. The van der Waals surface area contributed by atoms with Gasteiger partial charge in [0.2, 0.25) is 0 Å². The molecule has 30 valence electrons. The molecule has 0 aliphatic carbocycles. The SMILES string of the molecule is [2H]P([3H])[P+]([B])(F)B=O. The summed E-state index contributed by atoms with van der Waals surface area (Å²) in [6, 6.07) is 0. The third-order valence-electron chi connectivity index (χ3n) is 0.148. The fourth-order valence-electron chi connectivity index (χ4n) is 0. The van der Waals surface area contributed by atoms with Gasteiger partial charge in [-0.05, 0) is 0 Å². The van der Waals surface area contributed by atoms with Crippen molar-refractivity contribution < 1.29 is 8.90 Å². The molecule has 6 heteroatoms. The van der Waals surface area contributed by atoms with Crippen molar-refractivity contribution >= 4 is 30.3 Å². The molecule has 1 nitrogen and oxygen atoms in total. The van der Waals surface area contributed by atoms with E-state index >= 15 is 0 Å². The summed E-state index contributed by atoms with van der Waals surface area (Å²) < 4.78 is 34.6. The van der Waals surface area contributed by atoms with Gasteiger partial charge in [0.05, 0.1) is 0 Å². The van der Waals surface area contributed by atoms with E-state index in [9.17, 15) is 8.90 Å². The number of rotatable bonds is 2. The Labute approximate surface area is 42.8 Å². The van der Waals surface area contributed by atoms with Gasteiger partial charge in [0.15, 0.2) is 0 Å². The minimum atomic E-state index is -3.78. The molecule has 2 unspecified atom stereocenters. The van der Waals surface area contributed by atoms with Crippen molar-refractivity contribution in [3.05, 3.63) is 0 Å². The van der Waals surface area contributed by atoms with Crippen LogP contribution in [0.2, 0.25) is 0 Å². The van der Waals surface area contributed by atoms with Crippen LogP contribution in [0.15, 0.2) is 0 Å². The van der Waals surface area contributed by atoms with Crippen molar-refractivity contribution in [2.45, 2.75) is 0 Å². The van der Waals surface area contributed by atoms with Crippen molar-refractivity contribution in [2.75, 3.05) is 0 Å². The van der Waals surface area contributed by atoms with Gasteiger partial charge >= 0.3 is 41.7 Å². The molecule has 0 fully saturated rings. The summed E-state index contributed by atoms with van der Waals surface area (Å²) in [5.74, 6) is 0. The van der Waals surface area contributed by atoms with E-state index in [0.717, 1.165) is 0 Å². The van der Waals surface area contributed by atoms with Crippen molar-refractivity contribution in [3.63, 3.8) is 0 Å². The molecule has 6 heavy (non-hydrogen) atoms. The molecule has 0 aliphatic rings. The van der Waals surface area contributed by atoms with Gasteiger partial charge in [-0.25, -0.2) is 0 Å². The van der Waals surface area contributed by atoms with Crippen LogP contribution in [-0.4, -0.2) is 17.0 Å². The molecule has 0 heterocycles. The second-order valence-electron chi connectivity index (χ2n) is 0.756. The van der Waals surface area contributed by atoms with Crippen molar-refractivity contribution in [3.8, 4) is 0 Å². The number of hydrogen-bond donors (Lipinski definition) is 0. The molecule has 0 saturated carbocycles. The molecule has 0 aromatic rings. The molecular weight excluding hydrogens is 119 g/mol. The van der Waals surface area contributed by atoms with Gasteiger partial charge in [-0.1, -0.05) is 0 Å². The molecule has 2 atom stereocenters. The van der Waals surface area contributed by atoms with E-state index in [4.69, 9.17) is 2.56 Å². The summed E-state index contributed by atoms with van der Waals surface area (Å²) >= 11 is 0. The van der Waals surface area contributed by atoms with Gasteiger partial charge in [0.1, 0.15) is 0 Å². The van der Waals surface area contributed by atoms with Gasteiger partial charge in [0.25, 0.3) is 0 Å². The monoisotopic (exact) mass is 124 g/mol. The summed E-state index contributed by atoms with van der Waals surface area (Å²) in [5, 5.41) is 0. The standard InChI is InChI=1S/B2FH2OP2/c1-6(3,5)2-4/h5H2/q+1/i5TD. The summed E-state index contributed by atoms with van der Waals surface area (Å²) in [6.07, 6.45) is 0. The Hall–Kier alpha value is 0.720. The topological polar surface area (TPSA) is 17.1 Å². The van der Waals surface area contributed by atoms with Crippen LogP contribution in [-0.2, 0) is 4.70 Å². The third kappa shape index (κ3) is 4.72. The summed E-state index contributed by atoms with van der Waals surface area (Å²) in [7, 11) is -1.58. The molecule has 0 saturated heterocycles. The second kappa shape index (κ2) is 2.14. The van der Waals surface area contributed by atoms with Crippen molar-refractivity contribution in [1.29, 1.82) is 2.56 Å². The normalized spacial score (nSPS) is 28.2. The average molecular weight is 124 g/mol. The maximum absolute atomic E-state index is 12.1. The Morgan fingerprint density at radius 3 is 3.17 bits per heavy atom. The van der Waals surface area contributed by atoms with E-state index in [0.29, 0.717) is 0 Å². The minimum absolute atomic E-state index is 0.112. The van der Waals surface area contributed by atoms with E-state index in [2.05, 4.69) is 7.57 Å². The summed E-state index contributed by atoms with van der Waals surface area (Å²) in [4.78, 5) is 0. The molecule has 0 spiro atoms. The fourth-order valence-corrected chi connectivity index (χ4v) is 0. The molecule has 0 bridgehead atoms. The van der Waals surface area contributed by atoms with Crippen molar-refractivity contribution in [2.24, 2.45) is 0 Å².